The van der Waals surface area contributed by atoms with Gasteiger partial charge in [0.15, 0.2) is 0 Å². The van der Waals surface area contributed by atoms with Gasteiger partial charge in [-0.25, -0.2) is 5.01 Å². The normalized spacial score (nSPS) is 16.3. The Bertz CT molecular complexity index is 983. The lowest BCUT2D eigenvalue weighted by atomic mass is 9.98. The van der Waals surface area contributed by atoms with Gasteiger partial charge in [0.1, 0.15) is 0 Å². The van der Waals surface area contributed by atoms with Crippen LogP contribution in [0.4, 0.5) is 0 Å². The molecular formula is C22H16Cl2N2O. The number of benzene rings is 3. The van der Waals surface area contributed by atoms with Gasteiger partial charge in [0, 0.05) is 22.0 Å². The average Bonchev–Trinajstić information content (AvgIpc) is 3.15. The van der Waals surface area contributed by atoms with Crippen LogP contribution >= 0.6 is 23.2 Å². The number of hydrogen-bond acceptors (Lipinski definition) is 2. The van der Waals surface area contributed by atoms with Crippen molar-refractivity contribution in [3.8, 4) is 0 Å². The molecule has 0 N–H and O–H groups in total. The molecule has 1 aliphatic rings. The highest BCUT2D eigenvalue weighted by molar-refractivity contribution is 6.30. The summed E-state index contributed by atoms with van der Waals surface area (Å²) in [7, 11) is 0. The first-order valence-electron chi connectivity index (χ1n) is 8.59. The summed E-state index contributed by atoms with van der Waals surface area (Å²) >= 11 is 12.0. The number of amides is 1. The van der Waals surface area contributed by atoms with Crippen LogP contribution in [0.5, 0.6) is 0 Å². The molecule has 4 rings (SSSR count). The number of rotatable bonds is 3. The van der Waals surface area contributed by atoms with Gasteiger partial charge in [0.25, 0.3) is 5.91 Å². The zero-order valence-corrected chi connectivity index (χ0v) is 15.9. The Morgan fingerprint density at radius 2 is 1.44 bits per heavy atom. The van der Waals surface area contributed by atoms with Crippen molar-refractivity contribution in [2.45, 2.75) is 12.5 Å². The lowest BCUT2D eigenvalue weighted by molar-refractivity contribution is 0.0711. The molecule has 1 amide bonds. The second kappa shape index (κ2) is 7.55. The van der Waals surface area contributed by atoms with Crippen LogP contribution in [0.2, 0.25) is 10.0 Å². The van der Waals surface area contributed by atoms with Crippen LogP contribution in [0.3, 0.4) is 0 Å². The first-order chi connectivity index (χ1) is 13.1. The van der Waals surface area contributed by atoms with Gasteiger partial charge in [0.2, 0.25) is 0 Å². The summed E-state index contributed by atoms with van der Waals surface area (Å²) in [5.41, 5.74) is 3.45. The van der Waals surface area contributed by atoms with E-state index >= 15 is 0 Å². The van der Waals surface area contributed by atoms with Crippen LogP contribution in [0.1, 0.15) is 33.9 Å². The van der Waals surface area contributed by atoms with Gasteiger partial charge in [0.05, 0.1) is 11.8 Å². The highest BCUT2D eigenvalue weighted by Gasteiger charge is 2.33. The molecule has 1 heterocycles. The number of hydrazone groups is 1. The van der Waals surface area contributed by atoms with E-state index in [1.807, 2.05) is 54.6 Å². The Morgan fingerprint density at radius 1 is 0.852 bits per heavy atom. The van der Waals surface area contributed by atoms with E-state index in [-0.39, 0.29) is 11.9 Å². The minimum absolute atomic E-state index is 0.155. The molecule has 0 radical (unpaired) electrons. The lowest BCUT2D eigenvalue weighted by Gasteiger charge is -2.22. The van der Waals surface area contributed by atoms with E-state index in [9.17, 15) is 4.79 Å². The fourth-order valence-corrected chi connectivity index (χ4v) is 3.42. The van der Waals surface area contributed by atoms with E-state index in [0.717, 1.165) is 16.8 Å². The average molecular weight is 395 g/mol. The molecule has 3 aromatic carbocycles. The molecule has 27 heavy (non-hydrogen) atoms. The second-order valence-electron chi connectivity index (χ2n) is 6.34. The Balaban J connectivity index is 1.72. The van der Waals surface area contributed by atoms with Crippen molar-refractivity contribution >= 4 is 34.8 Å². The van der Waals surface area contributed by atoms with Crippen molar-refractivity contribution in [1.82, 2.24) is 5.01 Å². The molecule has 1 atom stereocenters. The SMILES string of the molecule is O=C(c1ccc(Cl)cc1)N1N=C(c2ccccc2)C[C@@H]1c1ccc(Cl)cc1. The summed E-state index contributed by atoms with van der Waals surface area (Å²) in [5, 5.41) is 7.49. The van der Waals surface area contributed by atoms with Crippen molar-refractivity contribution < 1.29 is 4.79 Å². The monoisotopic (exact) mass is 394 g/mol. The standard InChI is InChI=1S/C22H16Cl2N2O/c23-18-10-6-16(7-11-18)21-14-20(15-4-2-1-3-5-15)25-26(21)22(27)17-8-12-19(24)13-9-17/h1-13,21H,14H2/t21-/m1/s1. The van der Waals surface area contributed by atoms with E-state index in [1.54, 1.807) is 29.3 Å². The minimum Gasteiger partial charge on any atom is -0.267 e. The van der Waals surface area contributed by atoms with Crippen molar-refractivity contribution in [3.63, 3.8) is 0 Å². The summed E-state index contributed by atoms with van der Waals surface area (Å²) in [5.74, 6) is -0.155. The molecular weight excluding hydrogens is 379 g/mol. The molecule has 0 unspecified atom stereocenters. The highest BCUT2D eigenvalue weighted by Crippen LogP contribution is 2.34. The fraction of sp³-hybridized carbons (Fsp3) is 0.0909. The maximum Gasteiger partial charge on any atom is 0.274 e. The largest absolute Gasteiger partial charge is 0.274 e. The quantitative estimate of drug-likeness (QED) is 0.537. The van der Waals surface area contributed by atoms with Crippen LogP contribution < -0.4 is 0 Å². The number of carbonyl (C=O) groups excluding carboxylic acids is 1. The zero-order chi connectivity index (χ0) is 18.8. The van der Waals surface area contributed by atoms with Gasteiger partial charge >= 0.3 is 0 Å². The van der Waals surface area contributed by atoms with Crippen LogP contribution in [0.25, 0.3) is 0 Å². The van der Waals surface area contributed by atoms with Crippen LogP contribution in [-0.4, -0.2) is 16.6 Å². The molecule has 134 valence electrons. The number of halogens is 2. The molecule has 0 bridgehead atoms. The van der Waals surface area contributed by atoms with Crippen LogP contribution in [0, 0.1) is 0 Å². The second-order valence-corrected chi connectivity index (χ2v) is 7.21. The Morgan fingerprint density at radius 3 is 2.07 bits per heavy atom. The number of nitrogens with zero attached hydrogens (tertiary/aromatic N) is 2. The molecule has 0 spiro atoms. The molecule has 0 aromatic heterocycles. The van der Waals surface area contributed by atoms with E-state index in [0.29, 0.717) is 22.0 Å². The Kier molecular flexibility index (Phi) is 4.97. The fourth-order valence-electron chi connectivity index (χ4n) is 3.17. The topological polar surface area (TPSA) is 32.7 Å². The summed E-state index contributed by atoms with van der Waals surface area (Å²) in [4.78, 5) is 13.1. The summed E-state index contributed by atoms with van der Waals surface area (Å²) in [6, 6.07) is 24.2. The Hall–Kier alpha value is -2.62. The third-order valence-electron chi connectivity index (χ3n) is 4.57. The molecule has 3 aromatic rings. The molecule has 5 heteroatoms. The van der Waals surface area contributed by atoms with Gasteiger partial charge in [-0.2, -0.15) is 5.10 Å². The van der Waals surface area contributed by atoms with Gasteiger partial charge in [-0.1, -0.05) is 65.7 Å². The van der Waals surface area contributed by atoms with Crippen molar-refractivity contribution in [3.05, 3.63) is 106 Å². The predicted octanol–water partition coefficient (Wildman–Crippen LogP) is 5.98. The van der Waals surface area contributed by atoms with Crippen molar-refractivity contribution in [1.29, 1.82) is 0 Å². The smallest absolute Gasteiger partial charge is 0.267 e. The first kappa shape index (κ1) is 17.8. The molecule has 0 saturated heterocycles. The number of carbonyl (C=O) groups is 1. The van der Waals surface area contributed by atoms with E-state index in [4.69, 9.17) is 23.2 Å². The Labute approximate surface area is 167 Å². The highest BCUT2D eigenvalue weighted by atomic mass is 35.5. The van der Waals surface area contributed by atoms with Gasteiger partial charge in [-0.15, -0.1) is 0 Å². The maximum atomic E-state index is 13.1. The summed E-state index contributed by atoms with van der Waals surface area (Å²) in [6.45, 7) is 0. The zero-order valence-electron chi connectivity index (χ0n) is 14.3. The van der Waals surface area contributed by atoms with Crippen LogP contribution in [-0.2, 0) is 0 Å². The van der Waals surface area contributed by atoms with Crippen molar-refractivity contribution in [2.75, 3.05) is 0 Å². The van der Waals surface area contributed by atoms with E-state index in [1.165, 1.54) is 0 Å². The summed E-state index contributed by atoms with van der Waals surface area (Å²) < 4.78 is 0. The van der Waals surface area contributed by atoms with Gasteiger partial charge < -0.3 is 0 Å². The lowest BCUT2D eigenvalue weighted by Crippen LogP contribution is -2.27. The molecule has 3 nitrogen and oxygen atoms in total. The predicted molar refractivity (Wildman–Crippen MR) is 109 cm³/mol. The van der Waals surface area contributed by atoms with Crippen LogP contribution in [0.15, 0.2) is 84.0 Å². The van der Waals surface area contributed by atoms with Gasteiger partial charge in [-0.3, -0.25) is 4.79 Å². The minimum atomic E-state index is -0.180. The third-order valence-corrected chi connectivity index (χ3v) is 5.08. The molecule has 0 aliphatic carbocycles. The summed E-state index contributed by atoms with van der Waals surface area (Å²) in [6.07, 6.45) is 0.644. The van der Waals surface area contributed by atoms with Gasteiger partial charge in [-0.05, 0) is 47.5 Å². The van der Waals surface area contributed by atoms with E-state index < -0.39 is 0 Å². The maximum absolute atomic E-state index is 13.1. The molecule has 0 fully saturated rings. The third kappa shape index (κ3) is 3.75. The first-order valence-corrected chi connectivity index (χ1v) is 9.35. The molecule has 0 saturated carbocycles. The number of hydrogen-bond donors (Lipinski definition) is 0. The van der Waals surface area contributed by atoms with Crippen molar-refractivity contribution in [2.24, 2.45) is 5.10 Å². The molecule has 1 aliphatic heterocycles. The van der Waals surface area contributed by atoms with E-state index in [2.05, 4.69) is 5.10 Å².